The van der Waals surface area contributed by atoms with Crippen molar-refractivity contribution in [3.05, 3.63) is 61.9 Å². The van der Waals surface area contributed by atoms with E-state index in [0.29, 0.717) is 14.5 Å². The summed E-state index contributed by atoms with van der Waals surface area (Å²) in [6.07, 6.45) is 3.34. The average Bonchev–Trinajstić information content (AvgIpc) is 2.55. The van der Waals surface area contributed by atoms with Gasteiger partial charge in [-0.05, 0) is 64.2 Å². The fourth-order valence-corrected chi connectivity index (χ4v) is 4.89. The van der Waals surface area contributed by atoms with E-state index in [-0.39, 0.29) is 9.80 Å². The van der Waals surface area contributed by atoms with Gasteiger partial charge in [-0.2, -0.15) is 5.26 Å². The first-order valence-electron chi connectivity index (χ1n) is 6.34. The van der Waals surface area contributed by atoms with Crippen LogP contribution >= 0.6 is 43.6 Å². The predicted octanol–water partition coefficient (Wildman–Crippen LogP) is 5.27. The Morgan fingerprint density at radius 3 is 2.39 bits per heavy atom. The first kappa shape index (κ1) is 18.3. The van der Waals surface area contributed by atoms with Crippen LogP contribution in [0.3, 0.4) is 0 Å². The molecule has 0 fully saturated rings. The SMILES string of the molecule is CSc1ccc(C=C(C#N)S(=O)(=O)c2cc(Br)ccc2Br)cc1. The van der Waals surface area contributed by atoms with E-state index in [1.807, 2.05) is 18.4 Å². The first-order chi connectivity index (χ1) is 10.9. The zero-order valence-corrected chi connectivity index (χ0v) is 16.8. The minimum Gasteiger partial charge on any atom is -0.218 e. The van der Waals surface area contributed by atoms with Crippen LogP contribution < -0.4 is 0 Å². The third kappa shape index (κ3) is 4.27. The van der Waals surface area contributed by atoms with Gasteiger partial charge in [-0.25, -0.2) is 8.42 Å². The second-order valence-corrected chi connectivity index (χ2v) is 9.01. The molecule has 0 amide bonds. The highest BCUT2D eigenvalue weighted by atomic mass is 79.9. The van der Waals surface area contributed by atoms with Gasteiger partial charge < -0.3 is 0 Å². The summed E-state index contributed by atoms with van der Waals surface area (Å²) in [5, 5.41) is 9.32. The van der Waals surface area contributed by atoms with Crippen molar-refractivity contribution in [3.8, 4) is 6.07 Å². The first-order valence-corrected chi connectivity index (χ1v) is 10.6. The summed E-state index contributed by atoms with van der Waals surface area (Å²) in [6, 6.07) is 14.0. The van der Waals surface area contributed by atoms with Crippen LogP contribution in [0.15, 0.2) is 66.1 Å². The van der Waals surface area contributed by atoms with Gasteiger partial charge in [-0.3, -0.25) is 0 Å². The number of hydrogen-bond donors (Lipinski definition) is 0. The lowest BCUT2D eigenvalue weighted by Gasteiger charge is -2.06. The lowest BCUT2D eigenvalue weighted by molar-refractivity contribution is 0.603. The fraction of sp³-hybridized carbons (Fsp3) is 0.0625. The predicted molar refractivity (Wildman–Crippen MR) is 101 cm³/mol. The number of nitriles is 1. The molecule has 118 valence electrons. The van der Waals surface area contributed by atoms with Gasteiger partial charge in [-0.15, -0.1) is 11.8 Å². The van der Waals surface area contributed by atoms with E-state index in [1.165, 1.54) is 12.1 Å². The van der Waals surface area contributed by atoms with E-state index >= 15 is 0 Å². The van der Waals surface area contributed by atoms with E-state index in [0.717, 1.165) is 4.90 Å². The highest BCUT2D eigenvalue weighted by Gasteiger charge is 2.23. The zero-order chi connectivity index (χ0) is 17.0. The Kier molecular flexibility index (Phi) is 6.09. The molecule has 0 N–H and O–H groups in total. The standard InChI is InChI=1S/C16H11Br2NO2S2/c1-22-13-5-2-11(3-6-13)8-14(10-19)23(20,21)16-9-12(17)4-7-15(16)18/h2-9H,1H3. The molecule has 0 aliphatic rings. The van der Waals surface area contributed by atoms with Crippen LogP contribution in [0.25, 0.3) is 6.08 Å². The average molecular weight is 473 g/mol. The molecule has 0 unspecified atom stereocenters. The summed E-state index contributed by atoms with van der Waals surface area (Å²) >= 11 is 8.07. The fourth-order valence-electron chi connectivity index (χ4n) is 1.82. The Morgan fingerprint density at radius 1 is 1.17 bits per heavy atom. The van der Waals surface area contributed by atoms with Crippen molar-refractivity contribution in [2.45, 2.75) is 9.79 Å². The van der Waals surface area contributed by atoms with Crippen LogP contribution in [-0.2, 0) is 9.84 Å². The lowest BCUT2D eigenvalue weighted by atomic mass is 10.2. The number of sulfone groups is 1. The monoisotopic (exact) mass is 471 g/mol. The normalized spacial score (nSPS) is 12.0. The molecule has 0 saturated carbocycles. The van der Waals surface area contributed by atoms with Crippen molar-refractivity contribution in [2.24, 2.45) is 0 Å². The molecule has 0 aromatic heterocycles. The van der Waals surface area contributed by atoms with Gasteiger partial charge in [0.1, 0.15) is 11.0 Å². The minimum atomic E-state index is -3.90. The molecular formula is C16H11Br2NO2S2. The van der Waals surface area contributed by atoms with Crippen LogP contribution in [0.5, 0.6) is 0 Å². The number of allylic oxidation sites excluding steroid dienone is 1. The van der Waals surface area contributed by atoms with E-state index < -0.39 is 9.84 Å². The highest BCUT2D eigenvalue weighted by Crippen LogP contribution is 2.30. The van der Waals surface area contributed by atoms with Crippen LogP contribution in [-0.4, -0.2) is 14.7 Å². The number of halogens is 2. The maximum atomic E-state index is 12.7. The quantitative estimate of drug-likeness (QED) is 0.449. The minimum absolute atomic E-state index is 0.0559. The second-order valence-electron chi connectivity index (χ2n) is 4.47. The summed E-state index contributed by atoms with van der Waals surface area (Å²) in [7, 11) is -3.90. The van der Waals surface area contributed by atoms with Gasteiger partial charge in [-0.1, -0.05) is 28.1 Å². The second kappa shape index (κ2) is 7.67. The van der Waals surface area contributed by atoms with Crippen LogP contribution in [0.1, 0.15) is 5.56 Å². The van der Waals surface area contributed by atoms with E-state index in [4.69, 9.17) is 0 Å². The van der Waals surface area contributed by atoms with Crippen LogP contribution in [0.4, 0.5) is 0 Å². The number of hydrogen-bond acceptors (Lipinski definition) is 4. The largest absolute Gasteiger partial charge is 0.218 e. The van der Waals surface area contributed by atoms with Crippen molar-refractivity contribution < 1.29 is 8.42 Å². The number of thioether (sulfide) groups is 1. The molecule has 0 heterocycles. The molecular weight excluding hydrogens is 462 g/mol. The molecule has 0 saturated heterocycles. The van der Waals surface area contributed by atoms with E-state index in [1.54, 1.807) is 42.1 Å². The molecule has 2 rings (SSSR count). The van der Waals surface area contributed by atoms with Crippen molar-refractivity contribution in [1.29, 1.82) is 5.26 Å². The van der Waals surface area contributed by atoms with Crippen molar-refractivity contribution >= 4 is 59.5 Å². The Morgan fingerprint density at radius 2 is 1.83 bits per heavy atom. The smallest absolute Gasteiger partial charge is 0.217 e. The van der Waals surface area contributed by atoms with Crippen LogP contribution in [0, 0.1) is 11.3 Å². The Hall–Kier alpha value is -1.07. The summed E-state index contributed by atoms with van der Waals surface area (Å²) in [4.78, 5) is 0.826. The van der Waals surface area contributed by atoms with Gasteiger partial charge in [0.05, 0.1) is 4.90 Å². The topological polar surface area (TPSA) is 57.9 Å². The molecule has 0 spiro atoms. The molecule has 2 aromatic carbocycles. The summed E-state index contributed by atoms with van der Waals surface area (Å²) in [6.45, 7) is 0. The van der Waals surface area contributed by atoms with Crippen molar-refractivity contribution in [3.63, 3.8) is 0 Å². The molecule has 0 aliphatic carbocycles. The lowest BCUT2D eigenvalue weighted by Crippen LogP contribution is -2.04. The number of nitrogens with zero attached hydrogens (tertiary/aromatic N) is 1. The van der Waals surface area contributed by atoms with E-state index in [9.17, 15) is 13.7 Å². The molecule has 0 aliphatic heterocycles. The summed E-state index contributed by atoms with van der Waals surface area (Å²) in [5.41, 5.74) is 0.661. The van der Waals surface area contributed by atoms with Crippen LogP contribution in [0.2, 0.25) is 0 Å². The molecule has 0 radical (unpaired) electrons. The van der Waals surface area contributed by atoms with E-state index in [2.05, 4.69) is 31.9 Å². The van der Waals surface area contributed by atoms with Gasteiger partial charge >= 0.3 is 0 Å². The van der Waals surface area contributed by atoms with Gasteiger partial charge in [0.15, 0.2) is 0 Å². The van der Waals surface area contributed by atoms with Gasteiger partial charge in [0, 0.05) is 13.8 Å². The molecule has 0 bridgehead atoms. The van der Waals surface area contributed by atoms with Gasteiger partial charge in [0.2, 0.25) is 9.84 Å². The van der Waals surface area contributed by atoms with Gasteiger partial charge in [0.25, 0.3) is 0 Å². The summed E-state index contributed by atoms with van der Waals surface area (Å²) < 4.78 is 26.5. The maximum Gasteiger partial charge on any atom is 0.217 e. The third-order valence-electron chi connectivity index (χ3n) is 3.00. The molecule has 2 aromatic rings. The summed E-state index contributed by atoms with van der Waals surface area (Å²) in [5.74, 6) is 0. The zero-order valence-electron chi connectivity index (χ0n) is 12.0. The molecule has 23 heavy (non-hydrogen) atoms. The molecule has 3 nitrogen and oxygen atoms in total. The molecule has 7 heteroatoms. The van der Waals surface area contributed by atoms with Crippen molar-refractivity contribution in [1.82, 2.24) is 0 Å². The Balaban J connectivity index is 2.52. The highest BCUT2D eigenvalue weighted by molar-refractivity contribution is 9.11. The Labute approximate surface area is 156 Å². The number of benzene rings is 2. The molecule has 0 atom stereocenters. The van der Waals surface area contributed by atoms with Crippen molar-refractivity contribution in [2.75, 3.05) is 6.26 Å². The number of rotatable bonds is 4. The third-order valence-corrected chi connectivity index (χ3v) is 6.89. The maximum absolute atomic E-state index is 12.7. The Bertz CT molecular complexity index is 899.